The van der Waals surface area contributed by atoms with Gasteiger partial charge in [-0.3, -0.25) is 4.57 Å². The number of para-hydroxylation sites is 2. The fourth-order valence-electron chi connectivity index (χ4n) is 2.35. The molecular weight excluding hydrogens is 284 g/mol. The maximum absolute atomic E-state index is 11.8. The Hall–Kier alpha value is -2.14. The standard InChI is InChI=1S/C16H16N2O2S/c1-3-15-17-12-7-5-6-8-13(12)18(15)11-9-14(21-10-11)16(19)20-4-2/h5-10H,3-4H2,1-2H3. The minimum Gasteiger partial charge on any atom is -0.462 e. The van der Waals surface area contributed by atoms with Gasteiger partial charge in [0.15, 0.2) is 0 Å². The lowest BCUT2D eigenvalue weighted by Crippen LogP contribution is -2.02. The number of esters is 1. The van der Waals surface area contributed by atoms with Crippen molar-refractivity contribution in [2.45, 2.75) is 20.3 Å². The lowest BCUT2D eigenvalue weighted by atomic mass is 10.3. The van der Waals surface area contributed by atoms with Gasteiger partial charge in [0, 0.05) is 11.8 Å². The van der Waals surface area contributed by atoms with Gasteiger partial charge in [-0.05, 0) is 25.1 Å². The third-order valence-electron chi connectivity index (χ3n) is 3.27. The number of aromatic nitrogens is 2. The van der Waals surface area contributed by atoms with Crippen molar-refractivity contribution in [3.05, 3.63) is 46.4 Å². The summed E-state index contributed by atoms with van der Waals surface area (Å²) in [7, 11) is 0. The average molecular weight is 300 g/mol. The van der Waals surface area contributed by atoms with Crippen LogP contribution in [0.5, 0.6) is 0 Å². The van der Waals surface area contributed by atoms with E-state index in [-0.39, 0.29) is 5.97 Å². The zero-order valence-corrected chi connectivity index (χ0v) is 12.8. The summed E-state index contributed by atoms with van der Waals surface area (Å²) < 4.78 is 7.15. The van der Waals surface area contributed by atoms with Crippen LogP contribution in [0.4, 0.5) is 0 Å². The SMILES string of the molecule is CCOC(=O)c1cc(-n2c(CC)nc3ccccc32)cs1. The quantitative estimate of drug-likeness (QED) is 0.688. The molecule has 3 aromatic rings. The smallest absolute Gasteiger partial charge is 0.348 e. The van der Waals surface area contributed by atoms with Gasteiger partial charge in [-0.25, -0.2) is 9.78 Å². The molecule has 0 saturated carbocycles. The van der Waals surface area contributed by atoms with Gasteiger partial charge in [-0.15, -0.1) is 11.3 Å². The molecule has 0 fully saturated rings. The van der Waals surface area contributed by atoms with E-state index in [1.54, 1.807) is 0 Å². The molecule has 5 heteroatoms. The molecule has 4 nitrogen and oxygen atoms in total. The summed E-state index contributed by atoms with van der Waals surface area (Å²) in [5.74, 6) is 0.723. The van der Waals surface area contributed by atoms with E-state index in [2.05, 4.69) is 16.5 Å². The van der Waals surface area contributed by atoms with Crippen LogP contribution in [-0.2, 0) is 11.2 Å². The molecular formula is C16H16N2O2S. The first-order chi connectivity index (χ1) is 10.2. The molecule has 0 N–H and O–H groups in total. The minimum absolute atomic E-state index is 0.267. The Kier molecular flexibility index (Phi) is 3.75. The number of benzene rings is 1. The monoisotopic (exact) mass is 300 g/mol. The van der Waals surface area contributed by atoms with Crippen LogP contribution in [0.1, 0.15) is 29.3 Å². The number of hydrogen-bond acceptors (Lipinski definition) is 4. The third-order valence-corrected chi connectivity index (χ3v) is 4.16. The summed E-state index contributed by atoms with van der Waals surface area (Å²) in [5.41, 5.74) is 2.99. The number of carbonyl (C=O) groups excluding carboxylic acids is 1. The molecule has 0 atom stereocenters. The van der Waals surface area contributed by atoms with Gasteiger partial charge in [-0.2, -0.15) is 0 Å². The highest BCUT2D eigenvalue weighted by molar-refractivity contribution is 7.12. The van der Waals surface area contributed by atoms with Crippen LogP contribution < -0.4 is 0 Å². The second kappa shape index (κ2) is 5.69. The molecule has 108 valence electrons. The van der Waals surface area contributed by atoms with E-state index >= 15 is 0 Å². The van der Waals surface area contributed by atoms with Gasteiger partial charge < -0.3 is 4.74 Å². The Morgan fingerprint density at radius 1 is 1.33 bits per heavy atom. The number of ether oxygens (including phenoxy) is 1. The topological polar surface area (TPSA) is 44.1 Å². The van der Waals surface area contributed by atoms with Crippen molar-refractivity contribution in [2.24, 2.45) is 0 Å². The predicted octanol–water partition coefficient (Wildman–Crippen LogP) is 3.83. The van der Waals surface area contributed by atoms with Crippen LogP contribution in [0.3, 0.4) is 0 Å². The lowest BCUT2D eigenvalue weighted by molar-refractivity contribution is 0.0532. The number of nitrogens with zero attached hydrogens (tertiary/aromatic N) is 2. The maximum Gasteiger partial charge on any atom is 0.348 e. The molecule has 3 rings (SSSR count). The van der Waals surface area contributed by atoms with Crippen molar-refractivity contribution in [2.75, 3.05) is 6.61 Å². The van der Waals surface area contributed by atoms with Crippen molar-refractivity contribution in [3.8, 4) is 5.69 Å². The van der Waals surface area contributed by atoms with E-state index in [0.29, 0.717) is 11.5 Å². The van der Waals surface area contributed by atoms with Crippen LogP contribution in [0.25, 0.3) is 16.7 Å². The van der Waals surface area contributed by atoms with Crippen molar-refractivity contribution < 1.29 is 9.53 Å². The number of thiophene rings is 1. The largest absolute Gasteiger partial charge is 0.462 e. The van der Waals surface area contributed by atoms with Gasteiger partial charge in [0.25, 0.3) is 0 Å². The Labute approximate surface area is 127 Å². The van der Waals surface area contributed by atoms with E-state index in [1.807, 2.05) is 42.6 Å². The Morgan fingerprint density at radius 3 is 2.90 bits per heavy atom. The van der Waals surface area contributed by atoms with Crippen LogP contribution in [0, 0.1) is 0 Å². The molecule has 2 heterocycles. The number of carbonyl (C=O) groups is 1. The molecule has 0 aliphatic rings. The summed E-state index contributed by atoms with van der Waals surface area (Å²) in [4.78, 5) is 17.1. The number of imidazole rings is 1. The molecule has 2 aromatic heterocycles. The van der Waals surface area contributed by atoms with E-state index in [1.165, 1.54) is 11.3 Å². The summed E-state index contributed by atoms with van der Waals surface area (Å²) in [6, 6.07) is 9.90. The molecule has 0 amide bonds. The second-order valence-electron chi connectivity index (χ2n) is 4.60. The number of fused-ring (bicyclic) bond motifs is 1. The van der Waals surface area contributed by atoms with Crippen molar-refractivity contribution in [1.29, 1.82) is 0 Å². The Balaban J connectivity index is 2.10. The van der Waals surface area contributed by atoms with E-state index in [9.17, 15) is 4.79 Å². The van der Waals surface area contributed by atoms with E-state index < -0.39 is 0 Å². The first-order valence-electron chi connectivity index (χ1n) is 6.97. The van der Waals surface area contributed by atoms with E-state index in [0.717, 1.165) is 29.0 Å². The first-order valence-corrected chi connectivity index (χ1v) is 7.85. The Bertz CT molecular complexity index is 789. The molecule has 0 bridgehead atoms. The lowest BCUT2D eigenvalue weighted by Gasteiger charge is -2.05. The van der Waals surface area contributed by atoms with Crippen molar-refractivity contribution >= 4 is 28.3 Å². The van der Waals surface area contributed by atoms with Gasteiger partial charge in [0.2, 0.25) is 0 Å². The minimum atomic E-state index is -0.267. The third kappa shape index (κ3) is 2.45. The Morgan fingerprint density at radius 2 is 2.14 bits per heavy atom. The van der Waals surface area contributed by atoms with Gasteiger partial charge in [0.05, 0.1) is 23.3 Å². The van der Waals surface area contributed by atoms with Gasteiger partial charge in [0.1, 0.15) is 10.7 Å². The molecule has 0 spiro atoms. The maximum atomic E-state index is 11.8. The van der Waals surface area contributed by atoms with Crippen LogP contribution >= 0.6 is 11.3 Å². The number of hydrogen-bond donors (Lipinski definition) is 0. The average Bonchev–Trinajstić information content (AvgIpc) is 3.11. The first kappa shape index (κ1) is 13.8. The molecule has 1 aromatic carbocycles. The predicted molar refractivity (Wildman–Crippen MR) is 84.3 cm³/mol. The highest BCUT2D eigenvalue weighted by Gasteiger charge is 2.15. The molecule has 0 radical (unpaired) electrons. The molecule has 21 heavy (non-hydrogen) atoms. The normalized spacial score (nSPS) is 11.0. The summed E-state index contributed by atoms with van der Waals surface area (Å²) in [6.07, 6.45) is 0.833. The van der Waals surface area contributed by atoms with Crippen molar-refractivity contribution in [1.82, 2.24) is 9.55 Å². The molecule has 0 aliphatic heterocycles. The summed E-state index contributed by atoms with van der Waals surface area (Å²) >= 11 is 1.40. The van der Waals surface area contributed by atoms with Crippen LogP contribution in [-0.4, -0.2) is 22.1 Å². The molecule has 0 aliphatic carbocycles. The molecule has 0 unspecified atom stereocenters. The van der Waals surface area contributed by atoms with Crippen molar-refractivity contribution in [3.63, 3.8) is 0 Å². The van der Waals surface area contributed by atoms with Crippen LogP contribution in [0.2, 0.25) is 0 Å². The number of aryl methyl sites for hydroxylation is 1. The summed E-state index contributed by atoms with van der Waals surface area (Å²) in [5, 5.41) is 1.97. The van der Waals surface area contributed by atoms with Gasteiger partial charge >= 0.3 is 5.97 Å². The van der Waals surface area contributed by atoms with Crippen LogP contribution in [0.15, 0.2) is 35.7 Å². The zero-order chi connectivity index (χ0) is 14.8. The highest BCUT2D eigenvalue weighted by atomic mass is 32.1. The fraction of sp³-hybridized carbons (Fsp3) is 0.250. The number of rotatable bonds is 4. The highest BCUT2D eigenvalue weighted by Crippen LogP contribution is 2.26. The summed E-state index contributed by atoms with van der Waals surface area (Å²) in [6.45, 7) is 4.28. The van der Waals surface area contributed by atoms with E-state index in [4.69, 9.17) is 4.74 Å². The van der Waals surface area contributed by atoms with Gasteiger partial charge in [-0.1, -0.05) is 19.1 Å². The fourth-order valence-corrected chi connectivity index (χ4v) is 3.12. The second-order valence-corrected chi connectivity index (χ2v) is 5.51. The zero-order valence-electron chi connectivity index (χ0n) is 12.0. The molecule has 0 saturated heterocycles.